The van der Waals surface area contributed by atoms with Crippen LogP contribution in [0.15, 0.2) is 24.3 Å². The summed E-state index contributed by atoms with van der Waals surface area (Å²) < 4.78 is 0. The molecular weight excluding hydrogens is 288 g/mol. The molecule has 110 valence electrons. The van der Waals surface area contributed by atoms with Crippen molar-refractivity contribution in [2.45, 2.75) is 13.8 Å². The minimum atomic E-state index is -0.671. The Hall–Kier alpha value is -2.41. The molecule has 21 heavy (non-hydrogen) atoms. The van der Waals surface area contributed by atoms with E-state index in [0.717, 1.165) is 5.56 Å². The number of benzene rings is 1. The topological polar surface area (TPSA) is 97.1 Å². The van der Waals surface area contributed by atoms with Crippen LogP contribution in [0, 0.1) is 6.92 Å². The van der Waals surface area contributed by atoms with Gasteiger partial charge in [-0.1, -0.05) is 29.0 Å². The van der Waals surface area contributed by atoms with Gasteiger partial charge < -0.3 is 16.4 Å². The monoisotopic (exact) mass is 304 g/mol. The van der Waals surface area contributed by atoms with Gasteiger partial charge in [-0.2, -0.15) is 0 Å². The third kappa shape index (κ3) is 3.57. The molecule has 0 aliphatic heterocycles. The third-order valence-electron chi connectivity index (χ3n) is 2.70. The van der Waals surface area contributed by atoms with E-state index in [1.807, 2.05) is 19.9 Å². The van der Waals surface area contributed by atoms with Crippen LogP contribution in [-0.2, 0) is 0 Å². The van der Waals surface area contributed by atoms with Gasteiger partial charge in [-0.15, -0.1) is 0 Å². The highest BCUT2D eigenvalue weighted by Gasteiger charge is 2.18. The number of anilines is 2. The normalized spacial score (nSPS) is 10.2. The fourth-order valence-corrected chi connectivity index (χ4v) is 2.69. The van der Waals surface area contributed by atoms with Gasteiger partial charge in [0.1, 0.15) is 5.00 Å². The average Bonchev–Trinajstić information content (AvgIpc) is 2.82. The molecule has 7 heteroatoms. The van der Waals surface area contributed by atoms with E-state index in [2.05, 4.69) is 15.6 Å². The largest absolute Gasteiger partial charge is 0.364 e. The highest BCUT2D eigenvalue weighted by molar-refractivity contribution is 7.20. The van der Waals surface area contributed by atoms with E-state index >= 15 is 0 Å². The number of nitrogens with zero attached hydrogens (tertiary/aromatic N) is 1. The lowest BCUT2D eigenvalue weighted by Gasteiger charge is -2.04. The molecule has 0 saturated heterocycles. The summed E-state index contributed by atoms with van der Waals surface area (Å²) in [7, 11) is 0. The summed E-state index contributed by atoms with van der Waals surface area (Å²) in [5, 5.41) is 6.58. The number of thiazole rings is 1. The molecule has 2 amide bonds. The molecule has 2 aromatic rings. The van der Waals surface area contributed by atoms with Gasteiger partial charge in [0.25, 0.3) is 11.8 Å². The van der Waals surface area contributed by atoms with E-state index in [1.165, 1.54) is 11.3 Å². The zero-order chi connectivity index (χ0) is 15.4. The summed E-state index contributed by atoms with van der Waals surface area (Å²) in [6.45, 7) is 4.48. The van der Waals surface area contributed by atoms with Gasteiger partial charge in [0.15, 0.2) is 10.8 Å². The predicted molar refractivity (Wildman–Crippen MR) is 83.9 cm³/mol. The highest BCUT2D eigenvalue weighted by atomic mass is 32.1. The van der Waals surface area contributed by atoms with Gasteiger partial charge in [0.05, 0.1) is 0 Å². The number of primary amides is 1. The van der Waals surface area contributed by atoms with Crippen LogP contribution in [0.2, 0.25) is 0 Å². The SMILES string of the molecule is CCNc1nc(C(N)=O)c(NC(=O)c2cccc(C)c2)s1. The molecule has 0 unspecified atom stereocenters. The van der Waals surface area contributed by atoms with E-state index in [4.69, 9.17) is 5.73 Å². The summed E-state index contributed by atoms with van der Waals surface area (Å²) in [5.41, 5.74) is 6.85. The minimum absolute atomic E-state index is 0.0666. The zero-order valence-corrected chi connectivity index (χ0v) is 12.6. The molecule has 0 fully saturated rings. The zero-order valence-electron chi connectivity index (χ0n) is 11.8. The maximum Gasteiger partial charge on any atom is 0.270 e. The minimum Gasteiger partial charge on any atom is -0.364 e. The molecule has 1 heterocycles. The summed E-state index contributed by atoms with van der Waals surface area (Å²) in [4.78, 5) is 27.7. The van der Waals surface area contributed by atoms with Gasteiger partial charge in [-0.25, -0.2) is 4.98 Å². The Morgan fingerprint density at radius 3 is 2.76 bits per heavy atom. The molecule has 1 aromatic heterocycles. The quantitative estimate of drug-likeness (QED) is 0.789. The molecule has 1 aromatic carbocycles. The first-order valence-electron chi connectivity index (χ1n) is 6.43. The molecule has 2 rings (SSSR count). The Bertz CT molecular complexity index is 681. The second kappa shape index (κ2) is 6.36. The van der Waals surface area contributed by atoms with E-state index in [9.17, 15) is 9.59 Å². The summed E-state index contributed by atoms with van der Waals surface area (Å²) in [5.74, 6) is -0.970. The number of nitrogens with two attached hydrogens (primary N) is 1. The van der Waals surface area contributed by atoms with Crippen molar-refractivity contribution in [1.29, 1.82) is 0 Å². The number of carbonyl (C=O) groups excluding carboxylic acids is 2. The summed E-state index contributed by atoms with van der Waals surface area (Å²) in [6, 6.07) is 7.18. The third-order valence-corrected chi connectivity index (χ3v) is 3.62. The number of hydrogen-bond acceptors (Lipinski definition) is 5. The standard InChI is InChI=1S/C14H16N4O2S/c1-3-16-14-17-10(11(15)19)13(21-14)18-12(20)9-6-4-5-8(2)7-9/h4-7H,3H2,1-2H3,(H2,15,19)(H,16,17)(H,18,20). The number of amides is 2. The van der Waals surface area contributed by atoms with Crippen LogP contribution < -0.4 is 16.4 Å². The second-order valence-corrected chi connectivity index (χ2v) is 5.41. The van der Waals surface area contributed by atoms with Crippen molar-refractivity contribution in [3.63, 3.8) is 0 Å². The molecule has 0 bridgehead atoms. The van der Waals surface area contributed by atoms with Crippen LogP contribution in [-0.4, -0.2) is 23.3 Å². The molecule has 0 radical (unpaired) electrons. The fraction of sp³-hybridized carbons (Fsp3) is 0.214. The Morgan fingerprint density at radius 1 is 1.38 bits per heavy atom. The van der Waals surface area contributed by atoms with Crippen molar-refractivity contribution in [3.05, 3.63) is 41.1 Å². The van der Waals surface area contributed by atoms with Gasteiger partial charge in [0.2, 0.25) is 0 Å². The average molecular weight is 304 g/mol. The van der Waals surface area contributed by atoms with Crippen molar-refractivity contribution in [3.8, 4) is 0 Å². The van der Waals surface area contributed by atoms with Crippen molar-refractivity contribution < 1.29 is 9.59 Å². The Morgan fingerprint density at radius 2 is 2.14 bits per heavy atom. The van der Waals surface area contributed by atoms with Crippen LogP contribution in [0.4, 0.5) is 10.1 Å². The number of aromatic nitrogens is 1. The second-order valence-electron chi connectivity index (χ2n) is 4.41. The van der Waals surface area contributed by atoms with Crippen LogP contribution >= 0.6 is 11.3 Å². The van der Waals surface area contributed by atoms with Crippen LogP contribution in [0.25, 0.3) is 0 Å². The van der Waals surface area contributed by atoms with Crippen molar-refractivity contribution in [2.75, 3.05) is 17.2 Å². The van der Waals surface area contributed by atoms with Crippen LogP contribution in [0.1, 0.15) is 33.3 Å². The van der Waals surface area contributed by atoms with E-state index < -0.39 is 5.91 Å². The molecule has 0 aliphatic rings. The van der Waals surface area contributed by atoms with Gasteiger partial charge >= 0.3 is 0 Å². The Labute approximate surface area is 126 Å². The molecule has 0 atom stereocenters. The molecule has 0 spiro atoms. The lowest BCUT2D eigenvalue weighted by Crippen LogP contribution is -2.17. The van der Waals surface area contributed by atoms with Crippen LogP contribution in [0.3, 0.4) is 0 Å². The van der Waals surface area contributed by atoms with Crippen molar-refractivity contribution in [1.82, 2.24) is 4.98 Å². The first-order valence-corrected chi connectivity index (χ1v) is 7.25. The molecule has 6 nitrogen and oxygen atoms in total. The summed E-state index contributed by atoms with van der Waals surface area (Å²) in [6.07, 6.45) is 0. The van der Waals surface area contributed by atoms with Crippen LogP contribution in [0.5, 0.6) is 0 Å². The first-order chi connectivity index (χ1) is 10.0. The number of hydrogen-bond donors (Lipinski definition) is 3. The smallest absolute Gasteiger partial charge is 0.270 e. The molecule has 4 N–H and O–H groups in total. The lowest BCUT2D eigenvalue weighted by molar-refractivity contribution is 0.0997. The Kier molecular flexibility index (Phi) is 4.54. The highest BCUT2D eigenvalue weighted by Crippen LogP contribution is 2.28. The van der Waals surface area contributed by atoms with Gasteiger partial charge in [-0.05, 0) is 26.0 Å². The van der Waals surface area contributed by atoms with Gasteiger partial charge in [-0.3, -0.25) is 9.59 Å². The number of nitrogens with one attached hydrogen (secondary N) is 2. The molecule has 0 saturated carbocycles. The van der Waals surface area contributed by atoms with E-state index in [-0.39, 0.29) is 11.6 Å². The van der Waals surface area contributed by atoms with E-state index in [1.54, 1.807) is 18.2 Å². The van der Waals surface area contributed by atoms with E-state index in [0.29, 0.717) is 22.2 Å². The maximum absolute atomic E-state index is 12.2. The van der Waals surface area contributed by atoms with Gasteiger partial charge in [0, 0.05) is 12.1 Å². The molecule has 0 aliphatic carbocycles. The number of aryl methyl sites for hydroxylation is 1. The lowest BCUT2D eigenvalue weighted by atomic mass is 10.1. The predicted octanol–water partition coefficient (Wildman–Crippen LogP) is 2.23. The fourth-order valence-electron chi connectivity index (χ4n) is 1.76. The van der Waals surface area contributed by atoms with Crippen molar-refractivity contribution >= 4 is 33.3 Å². The number of carbonyl (C=O) groups is 2. The first kappa shape index (κ1) is 15.0. The number of rotatable bonds is 5. The maximum atomic E-state index is 12.2. The summed E-state index contributed by atoms with van der Waals surface area (Å²) >= 11 is 1.18. The molecular formula is C14H16N4O2S. The Balaban J connectivity index is 2.26. The van der Waals surface area contributed by atoms with Crippen molar-refractivity contribution in [2.24, 2.45) is 5.73 Å².